The Morgan fingerprint density at radius 3 is 2.50 bits per heavy atom. The van der Waals surface area contributed by atoms with Crippen LogP contribution < -0.4 is 0 Å². The van der Waals surface area contributed by atoms with Gasteiger partial charge in [-0.15, -0.1) is 0 Å². The van der Waals surface area contributed by atoms with Crippen LogP contribution in [0, 0.1) is 11.7 Å². The number of esters is 1. The zero-order chi connectivity index (χ0) is 12.8. The minimum Gasteiger partial charge on any atom is -0.462 e. The van der Waals surface area contributed by atoms with Crippen molar-refractivity contribution in [3.63, 3.8) is 0 Å². The molecule has 0 bridgehead atoms. The molecule has 1 aliphatic rings. The Hall–Kier alpha value is -1.38. The summed E-state index contributed by atoms with van der Waals surface area (Å²) in [5, 5.41) is 0. The van der Waals surface area contributed by atoms with E-state index in [1.54, 1.807) is 12.1 Å². The van der Waals surface area contributed by atoms with Crippen LogP contribution in [0.4, 0.5) is 4.39 Å². The van der Waals surface area contributed by atoms with E-state index in [1.807, 2.05) is 0 Å². The topological polar surface area (TPSA) is 26.3 Å². The molecule has 0 spiro atoms. The van der Waals surface area contributed by atoms with Gasteiger partial charge in [0.2, 0.25) is 0 Å². The van der Waals surface area contributed by atoms with Crippen LogP contribution in [0.25, 0.3) is 0 Å². The van der Waals surface area contributed by atoms with Crippen molar-refractivity contribution < 1.29 is 13.9 Å². The number of halogens is 1. The van der Waals surface area contributed by atoms with Gasteiger partial charge in [-0.3, -0.25) is 0 Å². The van der Waals surface area contributed by atoms with Crippen molar-refractivity contribution in [1.82, 2.24) is 0 Å². The average molecular weight is 250 g/mol. The molecular formula is C15H19FO2. The monoisotopic (exact) mass is 250 g/mol. The van der Waals surface area contributed by atoms with Crippen LogP contribution in [0.5, 0.6) is 0 Å². The zero-order valence-electron chi connectivity index (χ0n) is 10.5. The molecule has 0 saturated heterocycles. The van der Waals surface area contributed by atoms with E-state index >= 15 is 0 Å². The highest BCUT2D eigenvalue weighted by atomic mass is 19.1. The Bertz CT molecular complexity index is 395. The Balaban J connectivity index is 1.86. The van der Waals surface area contributed by atoms with Crippen LogP contribution >= 0.6 is 0 Å². The number of rotatable bonds is 3. The second-order valence-corrected chi connectivity index (χ2v) is 4.94. The van der Waals surface area contributed by atoms with E-state index in [2.05, 4.69) is 0 Å². The van der Waals surface area contributed by atoms with E-state index in [9.17, 15) is 9.18 Å². The van der Waals surface area contributed by atoms with Crippen molar-refractivity contribution in [3.05, 3.63) is 35.6 Å². The molecule has 1 aliphatic carbocycles. The van der Waals surface area contributed by atoms with Crippen LogP contribution in [0.1, 0.15) is 48.9 Å². The van der Waals surface area contributed by atoms with Crippen molar-refractivity contribution in [3.8, 4) is 0 Å². The van der Waals surface area contributed by atoms with Gasteiger partial charge in [-0.1, -0.05) is 37.8 Å². The number of ether oxygens (including phenoxy) is 1. The lowest BCUT2D eigenvalue weighted by molar-refractivity contribution is 0.0422. The first-order chi connectivity index (χ1) is 8.77. The first-order valence-corrected chi connectivity index (χ1v) is 6.69. The van der Waals surface area contributed by atoms with E-state index in [-0.39, 0.29) is 5.56 Å². The van der Waals surface area contributed by atoms with Crippen LogP contribution in [0.2, 0.25) is 0 Å². The second-order valence-electron chi connectivity index (χ2n) is 4.94. The molecule has 0 heterocycles. The number of hydrogen-bond acceptors (Lipinski definition) is 2. The van der Waals surface area contributed by atoms with E-state index in [0.29, 0.717) is 12.5 Å². The lowest BCUT2D eigenvalue weighted by Gasteiger charge is -2.14. The number of benzene rings is 1. The molecule has 0 aromatic heterocycles. The van der Waals surface area contributed by atoms with Gasteiger partial charge in [0.25, 0.3) is 0 Å². The third-order valence-electron chi connectivity index (χ3n) is 3.52. The smallest absolute Gasteiger partial charge is 0.341 e. The fourth-order valence-electron chi connectivity index (χ4n) is 2.43. The average Bonchev–Trinajstić information content (AvgIpc) is 2.65. The quantitative estimate of drug-likeness (QED) is 0.599. The maximum Gasteiger partial charge on any atom is 0.341 e. The molecule has 98 valence electrons. The highest BCUT2D eigenvalue weighted by Gasteiger charge is 2.17. The van der Waals surface area contributed by atoms with Gasteiger partial charge in [-0.2, -0.15) is 0 Å². The zero-order valence-corrected chi connectivity index (χ0v) is 10.5. The molecule has 0 atom stereocenters. The lowest BCUT2D eigenvalue weighted by atomic mass is 10.0. The van der Waals surface area contributed by atoms with Crippen LogP contribution in [-0.2, 0) is 4.74 Å². The van der Waals surface area contributed by atoms with Crippen molar-refractivity contribution in [1.29, 1.82) is 0 Å². The Morgan fingerprint density at radius 1 is 1.17 bits per heavy atom. The highest BCUT2D eigenvalue weighted by Crippen LogP contribution is 2.23. The minimum atomic E-state index is -0.544. The summed E-state index contributed by atoms with van der Waals surface area (Å²) in [5.41, 5.74) is 0.0334. The maximum absolute atomic E-state index is 13.4. The molecule has 1 aromatic rings. The summed E-state index contributed by atoms with van der Waals surface area (Å²) in [5.74, 6) is -0.607. The van der Waals surface area contributed by atoms with Gasteiger partial charge in [0.1, 0.15) is 5.82 Å². The molecule has 1 aromatic carbocycles. The number of carbonyl (C=O) groups excluding carboxylic acids is 1. The molecule has 1 fully saturated rings. The summed E-state index contributed by atoms with van der Waals surface area (Å²) >= 11 is 0. The summed E-state index contributed by atoms with van der Waals surface area (Å²) in [7, 11) is 0. The molecule has 2 rings (SSSR count). The Kier molecular flexibility index (Phi) is 4.73. The molecule has 0 unspecified atom stereocenters. The van der Waals surface area contributed by atoms with Crippen LogP contribution in [0.3, 0.4) is 0 Å². The third-order valence-corrected chi connectivity index (χ3v) is 3.52. The molecule has 0 amide bonds. The molecule has 0 aliphatic heterocycles. The highest BCUT2D eigenvalue weighted by molar-refractivity contribution is 5.89. The van der Waals surface area contributed by atoms with Crippen molar-refractivity contribution in [2.75, 3.05) is 6.61 Å². The first kappa shape index (κ1) is 13.1. The largest absolute Gasteiger partial charge is 0.462 e. The van der Waals surface area contributed by atoms with Crippen molar-refractivity contribution in [2.45, 2.75) is 38.5 Å². The summed E-state index contributed by atoms with van der Waals surface area (Å²) in [6, 6.07) is 5.95. The maximum atomic E-state index is 13.4. The van der Waals surface area contributed by atoms with E-state index in [4.69, 9.17) is 4.74 Å². The molecule has 18 heavy (non-hydrogen) atoms. The normalized spacial score (nSPS) is 17.2. The predicted octanol–water partition coefficient (Wildman–Crippen LogP) is 3.95. The number of carbonyl (C=O) groups is 1. The lowest BCUT2D eigenvalue weighted by Crippen LogP contribution is -2.14. The minimum absolute atomic E-state index is 0.0334. The van der Waals surface area contributed by atoms with Gasteiger partial charge in [0, 0.05) is 0 Å². The van der Waals surface area contributed by atoms with E-state index < -0.39 is 11.8 Å². The molecular weight excluding hydrogens is 231 g/mol. The molecule has 3 heteroatoms. The second kappa shape index (κ2) is 6.53. The van der Waals surface area contributed by atoms with E-state index in [0.717, 1.165) is 12.8 Å². The summed E-state index contributed by atoms with van der Waals surface area (Å²) in [6.45, 7) is 0.424. The molecule has 2 nitrogen and oxygen atoms in total. The Morgan fingerprint density at radius 2 is 1.83 bits per heavy atom. The number of hydrogen-bond donors (Lipinski definition) is 0. The van der Waals surface area contributed by atoms with Crippen LogP contribution in [0.15, 0.2) is 24.3 Å². The van der Waals surface area contributed by atoms with Gasteiger partial charge < -0.3 is 4.74 Å². The predicted molar refractivity (Wildman–Crippen MR) is 67.9 cm³/mol. The molecule has 1 saturated carbocycles. The summed E-state index contributed by atoms with van der Waals surface area (Å²) in [6.07, 6.45) is 7.20. The van der Waals surface area contributed by atoms with Crippen LogP contribution in [-0.4, -0.2) is 12.6 Å². The van der Waals surface area contributed by atoms with Gasteiger partial charge in [0.15, 0.2) is 0 Å². The van der Waals surface area contributed by atoms with Gasteiger partial charge in [0.05, 0.1) is 12.2 Å². The molecule has 0 radical (unpaired) electrons. The van der Waals surface area contributed by atoms with Gasteiger partial charge in [-0.25, -0.2) is 9.18 Å². The SMILES string of the molecule is O=C(OCC1CCCCCC1)c1ccccc1F. The van der Waals surface area contributed by atoms with E-state index in [1.165, 1.54) is 37.8 Å². The van der Waals surface area contributed by atoms with Gasteiger partial charge >= 0.3 is 5.97 Å². The summed E-state index contributed by atoms with van der Waals surface area (Å²) < 4.78 is 18.6. The fraction of sp³-hybridized carbons (Fsp3) is 0.533. The summed E-state index contributed by atoms with van der Waals surface area (Å²) in [4.78, 5) is 11.7. The van der Waals surface area contributed by atoms with Crippen molar-refractivity contribution >= 4 is 5.97 Å². The van der Waals surface area contributed by atoms with Gasteiger partial charge in [-0.05, 0) is 30.9 Å². The standard InChI is InChI=1S/C15H19FO2/c16-14-10-6-5-9-13(14)15(17)18-11-12-7-3-1-2-4-8-12/h5-6,9-10,12H,1-4,7-8,11H2. The first-order valence-electron chi connectivity index (χ1n) is 6.69. The molecule has 0 N–H and O–H groups in total. The van der Waals surface area contributed by atoms with Crippen molar-refractivity contribution in [2.24, 2.45) is 5.92 Å². The fourth-order valence-corrected chi connectivity index (χ4v) is 2.43. The third kappa shape index (κ3) is 3.56. The Labute approximate surface area is 107 Å².